The zero-order chi connectivity index (χ0) is 13.6. The molecule has 0 aliphatic rings. The molecule has 18 heavy (non-hydrogen) atoms. The molecule has 1 aromatic heterocycles. The molecule has 0 spiro atoms. The molecule has 1 aromatic rings. The van der Waals surface area contributed by atoms with E-state index in [9.17, 15) is 8.42 Å². The highest BCUT2D eigenvalue weighted by Crippen LogP contribution is 2.24. The molecule has 102 valence electrons. The Bertz CT molecular complexity index is 480. The summed E-state index contributed by atoms with van der Waals surface area (Å²) in [6.07, 6.45) is 2.44. The molecule has 0 fully saturated rings. The molecule has 0 radical (unpaired) electrons. The number of rotatable bonds is 8. The lowest BCUT2D eigenvalue weighted by atomic mass is 10.3. The van der Waals surface area contributed by atoms with Crippen molar-refractivity contribution in [3.05, 3.63) is 29.7 Å². The van der Waals surface area contributed by atoms with Crippen LogP contribution >= 0.6 is 11.3 Å². The SMILES string of the molecule is C=CCN(C)S(=O)(=O)c1ccc(CCNCC)s1. The molecule has 6 heteroatoms. The number of likely N-dealkylation sites (N-methyl/N-ethyl adjacent to an activating group) is 2. The van der Waals surface area contributed by atoms with Crippen molar-refractivity contribution in [3.63, 3.8) is 0 Å². The molecular formula is C12H20N2O2S2. The minimum atomic E-state index is -3.35. The monoisotopic (exact) mass is 288 g/mol. The third kappa shape index (κ3) is 3.91. The van der Waals surface area contributed by atoms with Gasteiger partial charge in [0.15, 0.2) is 0 Å². The van der Waals surface area contributed by atoms with Crippen molar-refractivity contribution in [3.8, 4) is 0 Å². The van der Waals surface area contributed by atoms with Crippen LogP contribution in [-0.4, -0.2) is 39.4 Å². The quantitative estimate of drug-likeness (QED) is 0.585. The molecule has 0 atom stereocenters. The van der Waals surface area contributed by atoms with E-state index in [0.29, 0.717) is 10.8 Å². The summed E-state index contributed by atoms with van der Waals surface area (Å²) in [4.78, 5) is 1.08. The van der Waals surface area contributed by atoms with Gasteiger partial charge in [0.05, 0.1) is 0 Å². The van der Waals surface area contributed by atoms with Crippen molar-refractivity contribution in [1.82, 2.24) is 9.62 Å². The second-order valence-corrected chi connectivity index (χ2v) is 7.34. The van der Waals surface area contributed by atoms with E-state index in [4.69, 9.17) is 0 Å². The Hall–Kier alpha value is -0.690. The van der Waals surface area contributed by atoms with Gasteiger partial charge in [0, 0.05) is 18.5 Å². The summed E-state index contributed by atoms with van der Waals surface area (Å²) in [7, 11) is -1.79. The first-order valence-electron chi connectivity index (χ1n) is 5.89. The minimum Gasteiger partial charge on any atom is -0.317 e. The van der Waals surface area contributed by atoms with Crippen molar-refractivity contribution >= 4 is 21.4 Å². The van der Waals surface area contributed by atoms with Crippen LogP contribution in [0.3, 0.4) is 0 Å². The predicted molar refractivity (Wildman–Crippen MR) is 76.6 cm³/mol. The minimum absolute atomic E-state index is 0.326. The molecule has 0 saturated heterocycles. The van der Waals surface area contributed by atoms with E-state index >= 15 is 0 Å². The van der Waals surface area contributed by atoms with Crippen LogP contribution < -0.4 is 5.32 Å². The lowest BCUT2D eigenvalue weighted by molar-refractivity contribution is 0.501. The molecule has 1 heterocycles. The van der Waals surface area contributed by atoms with Gasteiger partial charge >= 0.3 is 0 Å². The zero-order valence-electron chi connectivity index (χ0n) is 10.8. The number of sulfonamides is 1. The predicted octanol–water partition coefficient (Wildman–Crippen LogP) is 1.71. The first-order valence-corrected chi connectivity index (χ1v) is 8.14. The molecule has 0 unspecified atom stereocenters. The van der Waals surface area contributed by atoms with E-state index in [-0.39, 0.29) is 0 Å². The summed E-state index contributed by atoms with van der Waals surface area (Å²) < 4.78 is 26.0. The summed E-state index contributed by atoms with van der Waals surface area (Å²) in [5.41, 5.74) is 0. The third-order valence-corrected chi connectivity index (χ3v) is 5.92. The van der Waals surface area contributed by atoms with Crippen LogP contribution in [0.5, 0.6) is 0 Å². The van der Waals surface area contributed by atoms with Gasteiger partial charge in [-0.15, -0.1) is 17.9 Å². The largest absolute Gasteiger partial charge is 0.317 e. The molecule has 0 aliphatic carbocycles. The Kier molecular flexibility index (Phi) is 6.01. The fourth-order valence-electron chi connectivity index (χ4n) is 1.45. The maximum atomic E-state index is 12.1. The van der Waals surface area contributed by atoms with Crippen molar-refractivity contribution in [1.29, 1.82) is 0 Å². The molecule has 1 rings (SSSR count). The first-order chi connectivity index (χ1) is 8.52. The number of hydrogen-bond donors (Lipinski definition) is 1. The molecule has 1 N–H and O–H groups in total. The van der Waals surface area contributed by atoms with Gasteiger partial charge < -0.3 is 5.32 Å². The average Bonchev–Trinajstić information content (AvgIpc) is 2.79. The Morgan fingerprint density at radius 2 is 2.22 bits per heavy atom. The Balaban J connectivity index is 2.75. The molecule has 0 amide bonds. The zero-order valence-corrected chi connectivity index (χ0v) is 12.5. The molecular weight excluding hydrogens is 268 g/mol. The summed E-state index contributed by atoms with van der Waals surface area (Å²) in [6.45, 7) is 7.73. The van der Waals surface area contributed by atoms with E-state index < -0.39 is 10.0 Å². The van der Waals surface area contributed by atoms with Crippen molar-refractivity contribution in [2.45, 2.75) is 17.6 Å². The van der Waals surface area contributed by atoms with Crippen molar-refractivity contribution in [2.75, 3.05) is 26.7 Å². The third-order valence-electron chi connectivity index (χ3n) is 2.49. The number of nitrogens with zero attached hydrogens (tertiary/aromatic N) is 1. The van der Waals surface area contributed by atoms with Crippen LogP contribution in [0.1, 0.15) is 11.8 Å². The number of nitrogens with one attached hydrogen (secondary N) is 1. The second kappa shape index (κ2) is 7.04. The highest BCUT2D eigenvalue weighted by atomic mass is 32.2. The molecule has 4 nitrogen and oxygen atoms in total. The van der Waals surface area contributed by atoms with Crippen LogP contribution in [0.25, 0.3) is 0 Å². The van der Waals surface area contributed by atoms with Gasteiger partial charge in [-0.2, -0.15) is 4.31 Å². The fraction of sp³-hybridized carbons (Fsp3) is 0.500. The summed E-state index contributed by atoms with van der Waals surface area (Å²) >= 11 is 1.34. The maximum Gasteiger partial charge on any atom is 0.252 e. The summed E-state index contributed by atoms with van der Waals surface area (Å²) in [5.74, 6) is 0. The molecule has 0 aliphatic heterocycles. The normalized spacial score (nSPS) is 11.9. The second-order valence-electron chi connectivity index (χ2n) is 3.90. The highest BCUT2D eigenvalue weighted by Gasteiger charge is 2.21. The maximum absolute atomic E-state index is 12.1. The van der Waals surface area contributed by atoms with Gasteiger partial charge in [0.2, 0.25) is 0 Å². The average molecular weight is 288 g/mol. The Morgan fingerprint density at radius 1 is 1.50 bits per heavy atom. The van der Waals surface area contributed by atoms with E-state index in [1.165, 1.54) is 15.6 Å². The highest BCUT2D eigenvalue weighted by molar-refractivity contribution is 7.91. The van der Waals surface area contributed by atoms with E-state index in [2.05, 4.69) is 18.8 Å². The molecule has 0 aromatic carbocycles. The van der Waals surface area contributed by atoms with Gasteiger partial charge in [-0.3, -0.25) is 0 Å². The van der Waals surface area contributed by atoms with Crippen LogP contribution in [0.4, 0.5) is 0 Å². The lowest BCUT2D eigenvalue weighted by Gasteiger charge is -2.13. The van der Waals surface area contributed by atoms with Crippen LogP contribution in [0.2, 0.25) is 0 Å². The van der Waals surface area contributed by atoms with Gasteiger partial charge in [-0.05, 0) is 31.6 Å². The van der Waals surface area contributed by atoms with Crippen LogP contribution in [0.15, 0.2) is 29.0 Å². The summed E-state index contributed by atoms with van der Waals surface area (Å²) in [5, 5.41) is 3.22. The smallest absolute Gasteiger partial charge is 0.252 e. The van der Waals surface area contributed by atoms with Gasteiger partial charge in [0.1, 0.15) is 4.21 Å². The number of thiophene rings is 1. The lowest BCUT2D eigenvalue weighted by Crippen LogP contribution is -2.26. The van der Waals surface area contributed by atoms with E-state index in [0.717, 1.165) is 24.4 Å². The van der Waals surface area contributed by atoms with Crippen LogP contribution in [0, 0.1) is 0 Å². The Morgan fingerprint density at radius 3 is 2.83 bits per heavy atom. The first kappa shape index (κ1) is 15.4. The van der Waals surface area contributed by atoms with Crippen molar-refractivity contribution < 1.29 is 8.42 Å². The van der Waals surface area contributed by atoms with E-state index in [1.807, 2.05) is 6.07 Å². The van der Waals surface area contributed by atoms with Crippen molar-refractivity contribution in [2.24, 2.45) is 0 Å². The standard InChI is InChI=1S/C12H20N2O2S2/c1-4-10-14(3)18(15,16)12-7-6-11(17-12)8-9-13-5-2/h4,6-7,13H,1,5,8-10H2,2-3H3. The topological polar surface area (TPSA) is 49.4 Å². The summed E-state index contributed by atoms with van der Waals surface area (Å²) in [6, 6.07) is 3.57. The van der Waals surface area contributed by atoms with Crippen LogP contribution in [-0.2, 0) is 16.4 Å². The van der Waals surface area contributed by atoms with Gasteiger partial charge in [-0.25, -0.2) is 8.42 Å². The van der Waals surface area contributed by atoms with Gasteiger partial charge in [0.25, 0.3) is 10.0 Å². The molecule has 0 saturated carbocycles. The number of hydrogen-bond acceptors (Lipinski definition) is 4. The van der Waals surface area contributed by atoms with E-state index in [1.54, 1.807) is 19.2 Å². The Labute approximate surface area is 113 Å². The molecule has 0 bridgehead atoms. The van der Waals surface area contributed by atoms with Gasteiger partial charge in [-0.1, -0.05) is 13.0 Å². The fourth-order valence-corrected chi connectivity index (χ4v) is 4.16.